The second-order valence-corrected chi connectivity index (χ2v) is 5.39. The number of pyridine rings is 1. The van der Waals surface area contributed by atoms with Crippen molar-refractivity contribution in [1.82, 2.24) is 9.88 Å². The topological polar surface area (TPSA) is 66.3 Å². The molecule has 21 heavy (non-hydrogen) atoms. The van der Waals surface area contributed by atoms with E-state index < -0.39 is 0 Å². The first-order chi connectivity index (χ1) is 10.2. The number of nitrogens with zero attached hydrogens (tertiary/aromatic N) is 1. The van der Waals surface area contributed by atoms with Crippen LogP contribution in [0, 0.1) is 0 Å². The average molecular weight is 286 g/mol. The van der Waals surface area contributed by atoms with Gasteiger partial charge in [0.1, 0.15) is 5.76 Å². The van der Waals surface area contributed by atoms with Crippen LogP contribution >= 0.6 is 0 Å². The molecule has 1 aliphatic rings. The normalized spacial score (nSPS) is 15.2. The molecule has 2 aromatic rings. The van der Waals surface area contributed by atoms with Gasteiger partial charge in [-0.25, -0.2) is 0 Å². The standard InChI is InChI=1S/C16H18N2O3/c19-15-8-7-12(10-17-15)16(20)18(13-4-1-2-5-13)11-14-6-3-9-21-14/h3,6-10,13H,1-2,4-5,11H2,(H,17,19). The zero-order valence-corrected chi connectivity index (χ0v) is 11.7. The van der Waals surface area contributed by atoms with Crippen LogP contribution < -0.4 is 5.56 Å². The molecule has 5 heteroatoms. The molecule has 5 nitrogen and oxygen atoms in total. The third-order valence-corrected chi connectivity index (χ3v) is 3.96. The van der Waals surface area contributed by atoms with Crippen molar-refractivity contribution in [2.75, 3.05) is 0 Å². The summed E-state index contributed by atoms with van der Waals surface area (Å²) in [6.07, 6.45) is 7.45. The zero-order chi connectivity index (χ0) is 14.7. The summed E-state index contributed by atoms with van der Waals surface area (Å²) in [4.78, 5) is 28.3. The van der Waals surface area contributed by atoms with Crippen molar-refractivity contribution in [3.8, 4) is 0 Å². The van der Waals surface area contributed by atoms with Crippen LogP contribution in [-0.2, 0) is 6.54 Å². The van der Waals surface area contributed by atoms with Gasteiger partial charge < -0.3 is 14.3 Å². The van der Waals surface area contributed by atoms with E-state index in [-0.39, 0.29) is 17.5 Å². The molecule has 1 fully saturated rings. The van der Waals surface area contributed by atoms with Crippen molar-refractivity contribution >= 4 is 5.91 Å². The molecule has 0 unspecified atom stereocenters. The summed E-state index contributed by atoms with van der Waals surface area (Å²) in [6, 6.07) is 6.90. The number of aromatic nitrogens is 1. The number of carbonyl (C=O) groups is 1. The van der Waals surface area contributed by atoms with Gasteiger partial charge in [0, 0.05) is 18.3 Å². The van der Waals surface area contributed by atoms with Crippen molar-refractivity contribution in [3.63, 3.8) is 0 Å². The molecule has 0 bridgehead atoms. The number of H-pyrrole nitrogens is 1. The molecule has 3 rings (SSSR count). The van der Waals surface area contributed by atoms with Gasteiger partial charge in [-0.05, 0) is 31.0 Å². The molecule has 0 radical (unpaired) electrons. The lowest BCUT2D eigenvalue weighted by Crippen LogP contribution is -2.38. The van der Waals surface area contributed by atoms with Gasteiger partial charge in [-0.15, -0.1) is 0 Å². The predicted molar refractivity (Wildman–Crippen MR) is 77.9 cm³/mol. The quantitative estimate of drug-likeness (QED) is 0.939. The Hall–Kier alpha value is -2.30. The fraction of sp³-hybridized carbons (Fsp3) is 0.375. The summed E-state index contributed by atoms with van der Waals surface area (Å²) in [7, 11) is 0. The maximum atomic E-state index is 12.7. The summed E-state index contributed by atoms with van der Waals surface area (Å²) in [5.74, 6) is 0.717. The Morgan fingerprint density at radius 3 is 2.71 bits per heavy atom. The lowest BCUT2D eigenvalue weighted by Gasteiger charge is -2.28. The number of amides is 1. The molecule has 0 saturated heterocycles. The molecule has 1 saturated carbocycles. The molecule has 0 atom stereocenters. The molecule has 1 N–H and O–H groups in total. The van der Waals surface area contributed by atoms with Crippen LogP contribution in [-0.4, -0.2) is 21.8 Å². The first kappa shape index (κ1) is 13.7. The fourth-order valence-electron chi connectivity index (χ4n) is 2.86. The molecular formula is C16H18N2O3. The molecule has 2 aromatic heterocycles. The number of carbonyl (C=O) groups excluding carboxylic acids is 1. The van der Waals surface area contributed by atoms with E-state index >= 15 is 0 Å². The van der Waals surface area contributed by atoms with E-state index in [0.29, 0.717) is 12.1 Å². The van der Waals surface area contributed by atoms with Crippen molar-refractivity contribution < 1.29 is 9.21 Å². The van der Waals surface area contributed by atoms with Gasteiger partial charge in [-0.2, -0.15) is 0 Å². The highest BCUT2D eigenvalue weighted by Crippen LogP contribution is 2.26. The Balaban J connectivity index is 1.84. The van der Waals surface area contributed by atoms with Crippen molar-refractivity contribution in [1.29, 1.82) is 0 Å². The smallest absolute Gasteiger partial charge is 0.255 e. The number of furan rings is 1. The lowest BCUT2D eigenvalue weighted by molar-refractivity contribution is 0.0648. The maximum Gasteiger partial charge on any atom is 0.255 e. The zero-order valence-electron chi connectivity index (χ0n) is 11.7. The van der Waals surface area contributed by atoms with Crippen LogP contribution in [0.4, 0.5) is 0 Å². The summed E-state index contributed by atoms with van der Waals surface area (Å²) in [5.41, 5.74) is 0.304. The van der Waals surface area contributed by atoms with Crippen LogP contribution in [0.2, 0.25) is 0 Å². The molecule has 1 aliphatic carbocycles. The molecule has 0 aromatic carbocycles. The van der Waals surface area contributed by atoms with Crippen LogP contribution in [0.15, 0.2) is 45.9 Å². The Morgan fingerprint density at radius 1 is 1.29 bits per heavy atom. The highest BCUT2D eigenvalue weighted by Gasteiger charge is 2.28. The minimum atomic E-state index is -0.204. The highest BCUT2D eigenvalue weighted by atomic mass is 16.3. The van der Waals surface area contributed by atoms with E-state index in [0.717, 1.165) is 31.4 Å². The third-order valence-electron chi connectivity index (χ3n) is 3.96. The highest BCUT2D eigenvalue weighted by molar-refractivity contribution is 5.94. The fourth-order valence-corrected chi connectivity index (χ4v) is 2.86. The van der Waals surface area contributed by atoms with Crippen molar-refractivity contribution in [2.45, 2.75) is 38.3 Å². The second-order valence-electron chi connectivity index (χ2n) is 5.39. The van der Waals surface area contributed by atoms with Gasteiger partial charge >= 0.3 is 0 Å². The summed E-state index contributed by atoms with van der Waals surface area (Å²) >= 11 is 0. The maximum absolute atomic E-state index is 12.7. The van der Waals surface area contributed by atoms with E-state index in [2.05, 4.69) is 4.98 Å². The molecule has 2 heterocycles. The van der Waals surface area contributed by atoms with E-state index in [9.17, 15) is 9.59 Å². The van der Waals surface area contributed by atoms with E-state index in [4.69, 9.17) is 4.42 Å². The number of hydrogen-bond donors (Lipinski definition) is 1. The van der Waals surface area contributed by atoms with Crippen molar-refractivity contribution in [2.24, 2.45) is 0 Å². The largest absolute Gasteiger partial charge is 0.467 e. The van der Waals surface area contributed by atoms with E-state index in [1.165, 1.54) is 12.3 Å². The number of hydrogen-bond acceptors (Lipinski definition) is 3. The average Bonchev–Trinajstić information content (AvgIpc) is 3.18. The monoisotopic (exact) mass is 286 g/mol. The SMILES string of the molecule is O=C(c1ccc(=O)[nH]c1)N(Cc1ccco1)C1CCCC1. The number of aromatic amines is 1. The molecule has 1 amide bonds. The van der Waals surface area contributed by atoms with Gasteiger partial charge in [-0.1, -0.05) is 12.8 Å². The Bertz CT molecular complexity index is 634. The second kappa shape index (κ2) is 5.99. The molecule has 0 aliphatic heterocycles. The Morgan fingerprint density at radius 2 is 2.10 bits per heavy atom. The summed E-state index contributed by atoms with van der Waals surface area (Å²) in [5, 5.41) is 0. The van der Waals surface area contributed by atoms with Gasteiger partial charge in [-0.3, -0.25) is 9.59 Å². The summed E-state index contributed by atoms with van der Waals surface area (Å²) in [6.45, 7) is 0.468. The van der Waals surface area contributed by atoms with Gasteiger partial charge in [0.15, 0.2) is 0 Å². The minimum Gasteiger partial charge on any atom is -0.467 e. The molecule has 0 spiro atoms. The molecular weight excluding hydrogens is 268 g/mol. The van der Waals surface area contributed by atoms with Crippen LogP contribution in [0.1, 0.15) is 41.8 Å². The minimum absolute atomic E-state index is 0.0606. The Kier molecular flexibility index (Phi) is 3.90. The van der Waals surface area contributed by atoms with Crippen LogP contribution in [0.5, 0.6) is 0 Å². The van der Waals surface area contributed by atoms with Gasteiger partial charge in [0.2, 0.25) is 5.56 Å². The Labute approximate surface area is 122 Å². The van der Waals surface area contributed by atoms with E-state index in [1.807, 2.05) is 17.0 Å². The summed E-state index contributed by atoms with van der Waals surface area (Å²) < 4.78 is 5.38. The number of rotatable bonds is 4. The first-order valence-electron chi connectivity index (χ1n) is 7.26. The van der Waals surface area contributed by atoms with Gasteiger partial charge in [0.05, 0.1) is 18.4 Å². The molecule has 110 valence electrons. The number of nitrogens with one attached hydrogen (secondary N) is 1. The van der Waals surface area contributed by atoms with Crippen molar-refractivity contribution in [3.05, 3.63) is 58.4 Å². The lowest BCUT2D eigenvalue weighted by atomic mass is 10.1. The first-order valence-corrected chi connectivity index (χ1v) is 7.26. The van der Waals surface area contributed by atoms with Gasteiger partial charge in [0.25, 0.3) is 5.91 Å². The van der Waals surface area contributed by atoms with E-state index in [1.54, 1.807) is 12.3 Å². The van der Waals surface area contributed by atoms with Crippen LogP contribution in [0.3, 0.4) is 0 Å². The van der Waals surface area contributed by atoms with Crippen LogP contribution in [0.25, 0.3) is 0 Å². The third kappa shape index (κ3) is 3.07. The predicted octanol–water partition coefficient (Wildman–Crippen LogP) is 2.55.